The number of halogens is 1. The first-order chi connectivity index (χ1) is 10.0. The lowest BCUT2D eigenvalue weighted by atomic mass is 10.0. The Balaban J connectivity index is 1.85. The first-order valence-corrected chi connectivity index (χ1v) is 6.92. The molecule has 1 fully saturated rings. The largest absolute Gasteiger partial charge is 0.481 e. The summed E-state index contributed by atoms with van der Waals surface area (Å²) in [5.74, 6) is -1.47. The Kier molecular flexibility index (Phi) is 5.27. The zero-order chi connectivity index (χ0) is 15.2. The molecule has 1 aliphatic heterocycles. The summed E-state index contributed by atoms with van der Waals surface area (Å²) < 4.78 is 18.9. The van der Waals surface area contributed by atoms with Gasteiger partial charge >= 0.3 is 5.97 Å². The predicted molar refractivity (Wildman–Crippen MR) is 74.5 cm³/mol. The fourth-order valence-electron chi connectivity index (χ4n) is 2.30. The van der Waals surface area contributed by atoms with Gasteiger partial charge in [0.15, 0.2) is 0 Å². The normalized spacial score (nSPS) is 17.7. The van der Waals surface area contributed by atoms with Crippen molar-refractivity contribution in [3.63, 3.8) is 0 Å². The van der Waals surface area contributed by atoms with Crippen LogP contribution < -0.4 is 5.32 Å². The van der Waals surface area contributed by atoms with Gasteiger partial charge in [-0.15, -0.1) is 0 Å². The smallest absolute Gasteiger partial charge is 0.307 e. The lowest BCUT2D eigenvalue weighted by molar-refractivity contribution is -0.136. The summed E-state index contributed by atoms with van der Waals surface area (Å²) in [7, 11) is 0. The quantitative estimate of drug-likeness (QED) is 0.843. The minimum Gasteiger partial charge on any atom is -0.481 e. The summed E-state index contributed by atoms with van der Waals surface area (Å²) in [6.45, 7) is 1.45. The van der Waals surface area contributed by atoms with Crippen LogP contribution in [0, 0.1) is 11.7 Å². The molecule has 2 rings (SSSR count). The molecule has 2 N–H and O–H groups in total. The molecule has 0 radical (unpaired) electrons. The Morgan fingerprint density at radius 2 is 2.24 bits per heavy atom. The van der Waals surface area contributed by atoms with E-state index >= 15 is 0 Å². The van der Waals surface area contributed by atoms with Gasteiger partial charge in [-0.1, -0.05) is 6.07 Å². The van der Waals surface area contributed by atoms with Crippen LogP contribution in [-0.2, 0) is 20.7 Å². The van der Waals surface area contributed by atoms with Gasteiger partial charge in [-0.25, -0.2) is 4.39 Å². The van der Waals surface area contributed by atoms with Crippen molar-refractivity contribution in [1.82, 2.24) is 0 Å². The Bertz CT molecular complexity index is 526. The van der Waals surface area contributed by atoms with Crippen LogP contribution in [0.25, 0.3) is 0 Å². The van der Waals surface area contributed by atoms with E-state index in [9.17, 15) is 14.0 Å². The van der Waals surface area contributed by atoms with Gasteiger partial charge < -0.3 is 15.2 Å². The van der Waals surface area contributed by atoms with E-state index in [1.54, 1.807) is 0 Å². The van der Waals surface area contributed by atoms with Gasteiger partial charge in [0.05, 0.1) is 6.42 Å². The molecular weight excluding hydrogens is 277 g/mol. The third-order valence-electron chi connectivity index (χ3n) is 3.48. The van der Waals surface area contributed by atoms with E-state index in [0.717, 1.165) is 25.5 Å². The maximum Gasteiger partial charge on any atom is 0.307 e. The number of carbonyl (C=O) groups is 2. The summed E-state index contributed by atoms with van der Waals surface area (Å²) in [4.78, 5) is 22.3. The number of amides is 1. The van der Waals surface area contributed by atoms with Crippen LogP contribution in [0.15, 0.2) is 18.2 Å². The van der Waals surface area contributed by atoms with E-state index in [4.69, 9.17) is 9.84 Å². The minimum atomic E-state index is -1.09. The van der Waals surface area contributed by atoms with Gasteiger partial charge in [-0.3, -0.25) is 9.59 Å². The number of carboxylic acids is 1. The van der Waals surface area contributed by atoms with Crippen molar-refractivity contribution >= 4 is 17.6 Å². The number of carboxylic acid groups (broad SMARTS) is 1. The molecule has 0 spiro atoms. The number of benzene rings is 1. The molecule has 0 aliphatic carbocycles. The highest BCUT2D eigenvalue weighted by Crippen LogP contribution is 2.19. The summed E-state index contributed by atoms with van der Waals surface area (Å²) >= 11 is 0. The molecule has 0 saturated carbocycles. The van der Waals surface area contributed by atoms with Crippen LogP contribution in [-0.4, -0.2) is 30.2 Å². The van der Waals surface area contributed by atoms with Crippen LogP contribution >= 0.6 is 0 Å². The van der Waals surface area contributed by atoms with Crippen molar-refractivity contribution in [2.75, 3.05) is 18.5 Å². The van der Waals surface area contributed by atoms with Crippen LogP contribution in [0.2, 0.25) is 0 Å². The van der Waals surface area contributed by atoms with Crippen molar-refractivity contribution in [1.29, 1.82) is 0 Å². The lowest BCUT2D eigenvalue weighted by Gasteiger charge is -2.09. The maximum absolute atomic E-state index is 13.7. The van der Waals surface area contributed by atoms with Crippen LogP contribution in [0.5, 0.6) is 0 Å². The third kappa shape index (κ3) is 4.82. The molecule has 21 heavy (non-hydrogen) atoms. The Morgan fingerprint density at radius 1 is 1.43 bits per heavy atom. The first kappa shape index (κ1) is 15.4. The number of nitrogens with one attached hydrogen (secondary N) is 1. The zero-order valence-electron chi connectivity index (χ0n) is 11.6. The zero-order valence-corrected chi connectivity index (χ0v) is 11.6. The molecule has 1 unspecified atom stereocenters. The van der Waals surface area contributed by atoms with E-state index < -0.39 is 11.8 Å². The molecule has 5 nitrogen and oxygen atoms in total. The minimum absolute atomic E-state index is 0.101. The van der Waals surface area contributed by atoms with Gasteiger partial charge in [-0.2, -0.15) is 0 Å². The topological polar surface area (TPSA) is 75.6 Å². The van der Waals surface area contributed by atoms with E-state index in [1.807, 2.05) is 0 Å². The molecule has 1 atom stereocenters. The summed E-state index contributed by atoms with van der Waals surface area (Å²) in [5, 5.41) is 11.3. The second-order valence-electron chi connectivity index (χ2n) is 5.19. The predicted octanol–water partition coefficient (Wildman–Crippen LogP) is 2.21. The van der Waals surface area contributed by atoms with E-state index in [-0.39, 0.29) is 17.9 Å². The highest BCUT2D eigenvalue weighted by molar-refractivity contribution is 5.90. The van der Waals surface area contributed by atoms with Gasteiger partial charge in [0.25, 0.3) is 0 Å². The molecule has 6 heteroatoms. The Labute approximate surface area is 122 Å². The van der Waals surface area contributed by atoms with Gasteiger partial charge in [0.2, 0.25) is 5.91 Å². The SMILES string of the molecule is O=C(O)Cc1ccc(NC(=O)CCC2CCOC2)cc1F. The van der Waals surface area contributed by atoms with Crippen molar-refractivity contribution in [2.45, 2.75) is 25.7 Å². The number of anilines is 1. The monoisotopic (exact) mass is 295 g/mol. The number of ether oxygens (including phenoxy) is 1. The highest BCUT2D eigenvalue weighted by atomic mass is 19.1. The Morgan fingerprint density at radius 3 is 2.86 bits per heavy atom. The van der Waals surface area contributed by atoms with Crippen molar-refractivity contribution in [3.05, 3.63) is 29.6 Å². The molecule has 1 aromatic carbocycles. The molecule has 0 aromatic heterocycles. The fraction of sp³-hybridized carbons (Fsp3) is 0.467. The molecular formula is C15H18FNO4. The standard InChI is InChI=1S/C15H18FNO4/c16-13-8-12(3-2-11(13)7-15(19)20)17-14(18)4-1-10-5-6-21-9-10/h2-3,8,10H,1,4-7,9H2,(H,17,18)(H,19,20). The van der Waals surface area contributed by atoms with Crippen molar-refractivity contribution in [2.24, 2.45) is 5.92 Å². The average molecular weight is 295 g/mol. The van der Waals surface area contributed by atoms with E-state index in [0.29, 0.717) is 24.6 Å². The second-order valence-corrected chi connectivity index (χ2v) is 5.19. The van der Waals surface area contributed by atoms with Gasteiger partial charge in [0.1, 0.15) is 5.82 Å². The summed E-state index contributed by atoms with van der Waals surface area (Å²) in [6.07, 6.45) is 1.73. The number of hydrogen-bond acceptors (Lipinski definition) is 3. The van der Waals surface area contributed by atoms with E-state index in [1.165, 1.54) is 12.1 Å². The number of hydrogen-bond donors (Lipinski definition) is 2. The molecule has 1 saturated heterocycles. The number of carbonyl (C=O) groups excluding carboxylic acids is 1. The third-order valence-corrected chi connectivity index (χ3v) is 3.48. The number of rotatable bonds is 6. The number of aliphatic carboxylic acids is 1. The molecule has 1 aromatic rings. The molecule has 1 amide bonds. The molecule has 1 heterocycles. The molecule has 0 bridgehead atoms. The Hall–Kier alpha value is -1.95. The maximum atomic E-state index is 13.7. The molecule has 114 valence electrons. The van der Waals surface area contributed by atoms with Crippen LogP contribution in [0.1, 0.15) is 24.8 Å². The van der Waals surface area contributed by atoms with Crippen molar-refractivity contribution < 1.29 is 23.8 Å². The summed E-state index contributed by atoms with van der Waals surface area (Å²) in [6, 6.07) is 4.04. The fourth-order valence-corrected chi connectivity index (χ4v) is 2.30. The van der Waals surface area contributed by atoms with Gasteiger partial charge in [-0.05, 0) is 36.5 Å². The van der Waals surface area contributed by atoms with Crippen LogP contribution in [0.4, 0.5) is 10.1 Å². The van der Waals surface area contributed by atoms with Gasteiger partial charge in [0, 0.05) is 25.3 Å². The lowest BCUT2D eigenvalue weighted by Crippen LogP contribution is -2.14. The highest BCUT2D eigenvalue weighted by Gasteiger charge is 2.17. The second kappa shape index (κ2) is 7.17. The van der Waals surface area contributed by atoms with Crippen LogP contribution in [0.3, 0.4) is 0 Å². The van der Waals surface area contributed by atoms with Crippen molar-refractivity contribution in [3.8, 4) is 0 Å². The van der Waals surface area contributed by atoms with E-state index in [2.05, 4.69) is 5.32 Å². The summed E-state index contributed by atoms with van der Waals surface area (Å²) in [5.41, 5.74) is 0.443. The average Bonchev–Trinajstić information content (AvgIpc) is 2.92. The molecule has 1 aliphatic rings. The first-order valence-electron chi connectivity index (χ1n) is 6.92.